The molecule has 134 valence electrons. The molecule has 0 bridgehead atoms. The van der Waals surface area contributed by atoms with Gasteiger partial charge in [0.05, 0.1) is 12.8 Å². The van der Waals surface area contributed by atoms with Crippen LogP contribution in [0.25, 0.3) is 11.5 Å². The van der Waals surface area contributed by atoms with E-state index in [4.69, 9.17) is 9.26 Å². The SMILES string of the molecule is COc1ccccc1N1CCN(c2noc(-c3ccccc3)n2)[C@H](C)C1. The topological polar surface area (TPSA) is 54.6 Å². The van der Waals surface area contributed by atoms with E-state index in [0.717, 1.165) is 36.6 Å². The van der Waals surface area contributed by atoms with Crippen LogP contribution in [0.2, 0.25) is 0 Å². The second-order valence-electron chi connectivity index (χ2n) is 6.43. The smallest absolute Gasteiger partial charge is 0.266 e. The van der Waals surface area contributed by atoms with Crippen LogP contribution in [0.15, 0.2) is 59.1 Å². The Balaban J connectivity index is 1.50. The number of benzene rings is 2. The molecule has 6 heteroatoms. The lowest BCUT2D eigenvalue weighted by Gasteiger charge is -2.40. The van der Waals surface area contributed by atoms with Crippen LogP contribution in [0.1, 0.15) is 6.92 Å². The van der Waals surface area contributed by atoms with E-state index < -0.39 is 0 Å². The van der Waals surface area contributed by atoms with Crippen molar-refractivity contribution >= 4 is 11.6 Å². The molecule has 2 heterocycles. The molecule has 0 N–H and O–H groups in total. The van der Waals surface area contributed by atoms with Gasteiger partial charge in [0, 0.05) is 31.2 Å². The summed E-state index contributed by atoms with van der Waals surface area (Å²) < 4.78 is 11.0. The molecule has 0 radical (unpaired) electrons. The number of nitrogens with zero attached hydrogens (tertiary/aromatic N) is 4. The molecule has 6 nitrogen and oxygen atoms in total. The van der Waals surface area contributed by atoms with Gasteiger partial charge in [-0.25, -0.2) is 0 Å². The number of rotatable bonds is 4. The summed E-state index contributed by atoms with van der Waals surface area (Å²) in [7, 11) is 1.71. The number of aromatic nitrogens is 2. The molecule has 1 fully saturated rings. The highest BCUT2D eigenvalue weighted by Crippen LogP contribution is 2.30. The van der Waals surface area contributed by atoms with Gasteiger partial charge in [-0.15, -0.1) is 0 Å². The Bertz CT molecular complexity index is 865. The Morgan fingerprint density at radius 1 is 1.04 bits per heavy atom. The van der Waals surface area contributed by atoms with Crippen molar-refractivity contribution in [2.75, 3.05) is 36.5 Å². The highest BCUT2D eigenvalue weighted by molar-refractivity contribution is 5.60. The molecule has 1 aromatic heterocycles. The summed E-state index contributed by atoms with van der Waals surface area (Å²) in [6.07, 6.45) is 0. The standard InChI is InChI=1S/C20H22N4O2/c1-15-14-23(17-10-6-7-11-18(17)25-2)12-13-24(15)20-21-19(26-22-20)16-8-4-3-5-9-16/h3-11,15H,12-14H2,1-2H3/t15-/m1/s1. The average Bonchev–Trinajstić information content (AvgIpc) is 3.18. The maximum Gasteiger partial charge on any atom is 0.266 e. The summed E-state index contributed by atoms with van der Waals surface area (Å²) in [6, 6.07) is 18.2. The van der Waals surface area contributed by atoms with Gasteiger partial charge in [0.2, 0.25) is 0 Å². The monoisotopic (exact) mass is 350 g/mol. The molecular formula is C20H22N4O2. The fourth-order valence-corrected chi connectivity index (χ4v) is 3.39. The summed E-state index contributed by atoms with van der Waals surface area (Å²) in [6.45, 7) is 4.75. The third-order valence-corrected chi connectivity index (χ3v) is 4.75. The second kappa shape index (κ2) is 7.07. The largest absolute Gasteiger partial charge is 0.495 e. The molecule has 2 aromatic carbocycles. The molecule has 3 aromatic rings. The first-order valence-corrected chi connectivity index (χ1v) is 8.80. The first-order chi connectivity index (χ1) is 12.8. The van der Waals surface area contributed by atoms with Crippen LogP contribution in [0, 0.1) is 0 Å². The van der Waals surface area contributed by atoms with Gasteiger partial charge >= 0.3 is 0 Å². The van der Waals surface area contributed by atoms with E-state index in [0.29, 0.717) is 11.8 Å². The molecule has 0 spiro atoms. The van der Waals surface area contributed by atoms with Crippen molar-refractivity contribution in [1.82, 2.24) is 10.1 Å². The van der Waals surface area contributed by atoms with E-state index in [1.54, 1.807) is 7.11 Å². The average molecular weight is 350 g/mol. The Morgan fingerprint density at radius 3 is 2.58 bits per heavy atom. The highest BCUT2D eigenvalue weighted by Gasteiger charge is 2.28. The second-order valence-corrected chi connectivity index (χ2v) is 6.43. The van der Waals surface area contributed by atoms with Crippen LogP contribution in [0.5, 0.6) is 5.75 Å². The van der Waals surface area contributed by atoms with E-state index in [1.165, 1.54) is 0 Å². The highest BCUT2D eigenvalue weighted by atomic mass is 16.5. The quantitative estimate of drug-likeness (QED) is 0.718. The third kappa shape index (κ3) is 3.10. The molecule has 1 aliphatic heterocycles. The van der Waals surface area contributed by atoms with Crippen LogP contribution in [0.3, 0.4) is 0 Å². The van der Waals surface area contributed by atoms with Gasteiger partial charge in [0.1, 0.15) is 5.75 Å². The maximum atomic E-state index is 5.50. The molecule has 0 unspecified atom stereocenters. The van der Waals surface area contributed by atoms with Gasteiger partial charge in [0.15, 0.2) is 0 Å². The number of methoxy groups -OCH3 is 1. The Labute approximate surface area is 153 Å². The lowest BCUT2D eigenvalue weighted by atomic mass is 10.1. The van der Waals surface area contributed by atoms with Crippen molar-refractivity contribution in [3.05, 3.63) is 54.6 Å². The minimum Gasteiger partial charge on any atom is -0.495 e. The van der Waals surface area contributed by atoms with E-state index in [-0.39, 0.29) is 6.04 Å². The first-order valence-electron chi connectivity index (χ1n) is 8.80. The van der Waals surface area contributed by atoms with Crippen molar-refractivity contribution in [3.63, 3.8) is 0 Å². The molecule has 0 amide bonds. The molecule has 0 saturated carbocycles. The zero-order valence-electron chi connectivity index (χ0n) is 15.0. The van der Waals surface area contributed by atoms with Crippen molar-refractivity contribution in [2.45, 2.75) is 13.0 Å². The van der Waals surface area contributed by atoms with Gasteiger partial charge in [0.25, 0.3) is 11.8 Å². The van der Waals surface area contributed by atoms with Gasteiger partial charge < -0.3 is 19.1 Å². The van der Waals surface area contributed by atoms with Crippen molar-refractivity contribution in [2.24, 2.45) is 0 Å². The lowest BCUT2D eigenvalue weighted by Crippen LogP contribution is -2.52. The van der Waals surface area contributed by atoms with Crippen LogP contribution >= 0.6 is 0 Å². The minimum absolute atomic E-state index is 0.259. The van der Waals surface area contributed by atoms with Gasteiger partial charge in [-0.3, -0.25) is 0 Å². The summed E-state index contributed by atoms with van der Waals surface area (Å²) >= 11 is 0. The summed E-state index contributed by atoms with van der Waals surface area (Å²) in [4.78, 5) is 9.13. The van der Waals surface area contributed by atoms with E-state index in [2.05, 4.69) is 32.9 Å². The van der Waals surface area contributed by atoms with Crippen LogP contribution in [-0.4, -0.2) is 42.9 Å². The third-order valence-electron chi connectivity index (χ3n) is 4.75. The number of para-hydroxylation sites is 2. The summed E-state index contributed by atoms with van der Waals surface area (Å²) in [5.74, 6) is 2.11. The molecule has 4 rings (SSSR count). The van der Waals surface area contributed by atoms with E-state index >= 15 is 0 Å². The number of ether oxygens (including phenoxy) is 1. The predicted octanol–water partition coefficient (Wildman–Crippen LogP) is 3.46. The lowest BCUT2D eigenvalue weighted by molar-refractivity contribution is 0.410. The zero-order valence-corrected chi connectivity index (χ0v) is 15.0. The first kappa shape index (κ1) is 16.4. The van der Waals surface area contributed by atoms with Crippen LogP contribution in [0.4, 0.5) is 11.6 Å². The molecule has 1 aliphatic rings. The molecule has 1 saturated heterocycles. The number of hydrogen-bond acceptors (Lipinski definition) is 6. The maximum absolute atomic E-state index is 5.50. The predicted molar refractivity (Wildman–Crippen MR) is 102 cm³/mol. The van der Waals surface area contributed by atoms with Crippen molar-refractivity contribution < 1.29 is 9.26 Å². The zero-order chi connectivity index (χ0) is 17.9. The Kier molecular flexibility index (Phi) is 4.48. The van der Waals surface area contributed by atoms with Crippen LogP contribution < -0.4 is 14.5 Å². The Hall–Kier alpha value is -3.02. The molecule has 26 heavy (non-hydrogen) atoms. The minimum atomic E-state index is 0.259. The fourth-order valence-electron chi connectivity index (χ4n) is 3.39. The summed E-state index contributed by atoms with van der Waals surface area (Å²) in [5.41, 5.74) is 2.06. The summed E-state index contributed by atoms with van der Waals surface area (Å²) in [5, 5.41) is 4.19. The van der Waals surface area contributed by atoms with E-state index in [1.807, 2.05) is 48.5 Å². The number of piperazine rings is 1. The normalized spacial score (nSPS) is 17.4. The molecule has 1 atom stereocenters. The Morgan fingerprint density at radius 2 is 1.81 bits per heavy atom. The number of hydrogen-bond donors (Lipinski definition) is 0. The van der Waals surface area contributed by atoms with Gasteiger partial charge in [-0.1, -0.05) is 30.3 Å². The van der Waals surface area contributed by atoms with Gasteiger partial charge in [-0.05, 0) is 36.3 Å². The van der Waals surface area contributed by atoms with E-state index in [9.17, 15) is 0 Å². The fraction of sp³-hybridized carbons (Fsp3) is 0.300. The van der Waals surface area contributed by atoms with Crippen molar-refractivity contribution in [1.29, 1.82) is 0 Å². The van der Waals surface area contributed by atoms with Crippen LogP contribution in [-0.2, 0) is 0 Å². The van der Waals surface area contributed by atoms with Gasteiger partial charge in [-0.2, -0.15) is 4.98 Å². The molecular weight excluding hydrogens is 328 g/mol. The van der Waals surface area contributed by atoms with Crippen molar-refractivity contribution in [3.8, 4) is 17.2 Å². The molecule has 0 aliphatic carbocycles. The number of anilines is 2.